The molecule has 0 N–H and O–H groups in total. The molecule has 0 saturated heterocycles. The van der Waals surface area contributed by atoms with Gasteiger partial charge in [0.2, 0.25) is 0 Å². The van der Waals surface area contributed by atoms with Crippen molar-refractivity contribution in [3.8, 4) is 0 Å². The molecule has 3 nitrogen and oxygen atoms in total. The monoisotopic (exact) mass is 359 g/mol. The van der Waals surface area contributed by atoms with Crippen molar-refractivity contribution in [3.05, 3.63) is 39.8 Å². The first-order valence-corrected chi connectivity index (χ1v) is 10.1. The topological polar surface area (TPSA) is 37.4 Å². The lowest BCUT2D eigenvalue weighted by Gasteiger charge is -2.15. The third-order valence-electron chi connectivity index (χ3n) is 4.37. The van der Waals surface area contributed by atoms with Gasteiger partial charge in [0.25, 0.3) is 11.8 Å². The zero-order chi connectivity index (χ0) is 18.6. The number of aryl methyl sites for hydroxylation is 2. The molecule has 0 atom stereocenters. The Morgan fingerprint density at radius 1 is 1.04 bits per heavy atom. The van der Waals surface area contributed by atoms with E-state index in [1.54, 1.807) is 0 Å². The zero-order valence-corrected chi connectivity index (χ0v) is 16.8. The fourth-order valence-electron chi connectivity index (χ4n) is 3.13. The predicted octanol–water partition coefficient (Wildman–Crippen LogP) is 5.11. The van der Waals surface area contributed by atoms with Gasteiger partial charge < -0.3 is 0 Å². The fourth-order valence-corrected chi connectivity index (χ4v) is 4.13. The number of carbonyl (C=O) groups excluding carboxylic acids is 2. The molecule has 1 aromatic carbocycles. The van der Waals surface area contributed by atoms with Gasteiger partial charge in [0.1, 0.15) is 0 Å². The first-order chi connectivity index (χ1) is 11.9. The summed E-state index contributed by atoms with van der Waals surface area (Å²) in [7, 11) is 0. The molecule has 0 saturated carbocycles. The van der Waals surface area contributed by atoms with E-state index in [0.29, 0.717) is 17.0 Å². The van der Waals surface area contributed by atoms with Crippen molar-refractivity contribution in [2.45, 2.75) is 65.6 Å². The van der Waals surface area contributed by atoms with E-state index in [0.717, 1.165) is 42.4 Å². The van der Waals surface area contributed by atoms with Crippen LogP contribution in [0.5, 0.6) is 0 Å². The van der Waals surface area contributed by atoms with Crippen LogP contribution in [-0.2, 0) is 9.59 Å². The van der Waals surface area contributed by atoms with Gasteiger partial charge in [-0.2, -0.15) is 0 Å². The standard InChI is InChI=1S/C21H29NO2S/c1-6-7-8-9-12-22-20(23)18(19(21(22)24)25-14(2)3)17-11-10-15(4)13-16(17)5/h10-11,13-14H,6-9,12H2,1-5H3. The maximum atomic E-state index is 13.0. The third-order valence-corrected chi connectivity index (χ3v) is 5.45. The summed E-state index contributed by atoms with van der Waals surface area (Å²) in [5, 5.41) is 0.257. The lowest BCUT2D eigenvalue weighted by atomic mass is 9.99. The van der Waals surface area contributed by atoms with Crippen LogP contribution in [0, 0.1) is 13.8 Å². The summed E-state index contributed by atoms with van der Waals surface area (Å²) in [6.45, 7) is 10.8. The highest BCUT2D eigenvalue weighted by atomic mass is 32.2. The Morgan fingerprint density at radius 2 is 1.76 bits per heavy atom. The van der Waals surface area contributed by atoms with Crippen molar-refractivity contribution < 1.29 is 9.59 Å². The highest BCUT2D eigenvalue weighted by molar-refractivity contribution is 8.04. The summed E-state index contributed by atoms with van der Waals surface area (Å²) < 4.78 is 0. The molecule has 0 aliphatic carbocycles. The number of amides is 2. The Kier molecular flexibility index (Phi) is 6.88. The highest BCUT2D eigenvalue weighted by Gasteiger charge is 2.39. The number of thioether (sulfide) groups is 1. The van der Waals surface area contributed by atoms with E-state index >= 15 is 0 Å². The summed E-state index contributed by atoms with van der Waals surface area (Å²) in [5.41, 5.74) is 3.69. The Balaban J connectivity index is 2.35. The number of hydrogen-bond donors (Lipinski definition) is 0. The third kappa shape index (κ3) is 4.55. The van der Waals surface area contributed by atoms with Crippen LogP contribution < -0.4 is 0 Å². The molecule has 0 aromatic heterocycles. The van der Waals surface area contributed by atoms with Gasteiger partial charge >= 0.3 is 0 Å². The molecule has 2 rings (SSSR count). The molecule has 136 valence electrons. The summed E-state index contributed by atoms with van der Waals surface area (Å²) in [6.07, 6.45) is 4.22. The van der Waals surface area contributed by atoms with E-state index in [2.05, 4.69) is 26.8 Å². The number of imide groups is 1. The molecular weight excluding hydrogens is 330 g/mol. The van der Waals surface area contributed by atoms with Crippen LogP contribution in [0.2, 0.25) is 0 Å². The van der Waals surface area contributed by atoms with E-state index in [-0.39, 0.29) is 17.1 Å². The van der Waals surface area contributed by atoms with Crippen molar-refractivity contribution in [1.29, 1.82) is 0 Å². The van der Waals surface area contributed by atoms with Gasteiger partial charge in [-0.05, 0) is 31.4 Å². The first-order valence-electron chi connectivity index (χ1n) is 9.21. The molecule has 2 amide bonds. The van der Waals surface area contributed by atoms with Crippen LogP contribution in [0.3, 0.4) is 0 Å². The van der Waals surface area contributed by atoms with Gasteiger partial charge in [-0.15, -0.1) is 11.8 Å². The normalized spacial score (nSPS) is 15.0. The average Bonchev–Trinajstić information content (AvgIpc) is 2.75. The summed E-state index contributed by atoms with van der Waals surface area (Å²) >= 11 is 1.50. The summed E-state index contributed by atoms with van der Waals surface area (Å²) in [5.74, 6) is -0.244. The van der Waals surface area contributed by atoms with Gasteiger partial charge in [-0.1, -0.05) is 63.8 Å². The van der Waals surface area contributed by atoms with Crippen LogP contribution >= 0.6 is 11.8 Å². The van der Waals surface area contributed by atoms with Gasteiger partial charge in [0, 0.05) is 11.8 Å². The lowest BCUT2D eigenvalue weighted by Crippen LogP contribution is -2.32. The van der Waals surface area contributed by atoms with Crippen LogP contribution in [-0.4, -0.2) is 28.5 Å². The minimum Gasteiger partial charge on any atom is -0.274 e. The van der Waals surface area contributed by atoms with Gasteiger partial charge in [0.15, 0.2) is 0 Å². The predicted molar refractivity (Wildman–Crippen MR) is 106 cm³/mol. The molecular formula is C21H29NO2S. The fraction of sp³-hybridized carbons (Fsp3) is 0.524. The molecule has 1 aliphatic heterocycles. The largest absolute Gasteiger partial charge is 0.274 e. The molecule has 4 heteroatoms. The van der Waals surface area contributed by atoms with E-state index in [4.69, 9.17) is 0 Å². The maximum absolute atomic E-state index is 13.0. The highest BCUT2D eigenvalue weighted by Crippen LogP contribution is 2.39. The smallest absolute Gasteiger partial charge is 0.267 e. The van der Waals surface area contributed by atoms with Crippen molar-refractivity contribution in [2.75, 3.05) is 6.54 Å². The van der Waals surface area contributed by atoms with Gasteiger partial charge in [-0.3, -0.25) is 14.5 Å². The SMILES string of the molecule is CCCCCCN1C(=O)C(SC(C)C)=C(c2ccc(C)cc2C)C1=O. The molecule has 1 heterocycles. The lowest BCUT2D eigenvalue weighted by molar-refractivity contribution is -0.136. The number of unbranched alkanes of at least 4 members (excludes halogenated alkanes) is 3. The van der Waals surface area contributed by atoms with Crippen LogP contribution in [0.15, 0.2) is 23.1 Å². The van der Waals surface area contributed by atoms with Crippen LogP contribution in [0.25, 0.3) is 5.57 Å². The van der Waals surface area contributed by atoms with Crippen molar-refractivity contribution in [1.82, 2.24) is 4.90 Å². The van der Waals surface area contributed by atoms with Gasteiger partial charge in [0.05, 0.1) is 10.5 Å². The minimum absolute atomic E-state index is 0.116. The Labute approximate surface area is 155 Å². The minimum atomic E-state index is -0.128. The number of carbonyl (C=O) groups is 2. The summed E-state index contributed by atoms with van der Waals surface area (Å²) in [4.78, 5) is 28.0. The quantitative estimate of drug-likeness (QED) is 0.478. The molecule has 0 unspecified atom stereocenters. The molecule has 0 spiro atoms. The van der Waals surface area contributed by atoms with E-state index in [1.807, 2.05) is 26.0 Å². The van der Waals surface area contributed by atoms with Crippen molar-refractivity contribution in [3.63, 3.8) is 0 Å². The van der Waals surface area contributed by atoms with Gasteiger partial charge in [-0.25, -0.2) is 0 Å². The number of benzene rings is 1. The molecule has 1 aliphatic rings. The van der Waals surface area contributed by atoms with E-state index in [1.165, 1.54) is 16.7 Å². The Hall–Kier alpha value is -1.55. The second-order valence-corrected chi connectivity index (χ2v) is 8.60. The Morgan fingerprint density at radius 3 is 2.36 bits per heavy atom. The van der Waals surface area contributed by atoms with E-state index < -0.39 is 0 Å². The molecule has 0 radical (unpaired) electrons. The van der Waals surface area contributed by atoms with Crippen molar-refractivity contribution in [2.24, 2.45) is 0 Å². The number of rotatable bonds is 8. The van der Waals surface area contributed by atoms with Crippen molar-refractivity contribution >= 4 is 29.1 Å². The molecule has 25 heavy (non-hydrogen) atoms. The zero-order valence-electron chi connectivity index (χ0n) is 16.0. The molecule has 0 fully saturated rings. The van der Waals surface area contributed by atoms with Crippen LogP contribution in [0.4, 0.5) is 0 Å². The maximum Gasteiger partial charge on any atom is 0.267 e. The van der Waals surface area contributed by atoms with E-state index in [9.17, 15) is 9.59 Å². The average molecular weight is 360 g/mol. The first kappa shape index (κ1) is 19.8. The number of hydrogen-bond acceptors (Lipinski definition) is 3. The van der Waals surface area contributed by atoms with Crippen LogP contribution in [0.1, 0.15) is 63.1 Å². The summed E-state index contributed by atoms with van der Waals surface area (Å²) in [6, 6.07) is 6.06. The Bertz CT molecular complexity index is 691. The molecule has 1 aromatic rings. The molecule has 0 bridgehead atoms. The second-order valence-electron chi connectivity index (χ2n) is 7.01. The number of nitrogens with zero attached hydrogens (tertiary/aromatic N) is 1. The second kappa shape index (κ2) is 8.70.